The topological polar surface area (TPSA) is 183 Å². The first-order valence-corrected chi connectivity index (χ1v) is 7.33. The molecule has 0 aliphatic rings. The van der Waals surface area contributed by atoms with Gasteiger partial charge in [0.25, 0.3) is 20.2 Å². The van der Waals surface area contributed by atoms with E-state index >= 15 is 0 Å². The van der Waals surface area contributed by atoms with Crippen molar-refractivity contribution < 1.29 is 45.7 Å². The second kappa shape index (κ2) is 4.82. The second-order valence-electron chi connectivity index (χ2n) is 3.40. The quantitative estimate of drug-likeness (QED) is 0.529. The third kappa shape index (κ3) is 3.11. The van der Waals surface area contributed by atoms with E-state index in [1.807, 2.05) is 0 Å². The molecule has 1 rings (SSSR count). The molecule has 0 bridgehead atoms. The van der Waals surface area contributed by atoms with Gasteiger partial charge in [-0.25, -0.2) is 9.59 Å². The lowest BCUT2D eigenvalue weighted by atomic mass is 10.1. The van der Waals surface area contributed by atoms with Gasteiger partial charge >= 0.3 is 11.9 Å². The average molecular weight is 326 g/mol. The zero-order valence-electron chi connectivity index (χ0n) is 9.21. The molecular weight excluding hydrogens is 320 g/mol. The maximum absolute atomic E-state index is 11.0. The Morgan fingerprint density at radius 2 is 1.05 bits per heavy atom. The molecule has 0 aromatic heterocycles. The maximum Gasteiger partial charge on any atom is 0.337 e. The van der Waals surface area contributed by atoms with Crippen molar-refractivity contribution in [3.8, 4) is 0 Å². The molecule has 20 heavy (non-hydrogen) atoms. The molecule has 0 saturated heterocycles. The molecule has 0 spiro atoms. The van der Waals surface area contributed by atoms with Gasteiger partial charge in [0, 0.05) is 0 Å². The minimum Gasteiger partial charge on any atom is -0.478 e. The molecule has 1 aromatic carbocycles. The van der Waals surface area contributed by atoms with Gasteiger partial charge in [0.15, 0.2) is 0 Å². The fourth-order valence-corrected chi connectivity index (χ4v) is 2.78. The van der Waals surface area contributed by atoms with Crippen LogP contribution in [0.25, 0.3) is 0 Å². The van der Waals surface area contributed by atoms with Crippen molar-refractivity contribution in [2.24, 2.45) is 0 Å². The normalized spacial score (nSPS) is 12.1. The molecule has 0 atom stereocenters. The highest BCUT2D eigenvalue weighted by Crippen LogP contribution is 2.25. The number of carboxylic acid groups (broad SMARTS) is 2. The number of hydrogen-bond donors (Lipinski definition) is 4. The van der Waals surface area contributed by atoms with Crippen LogP contribution in [0.3, 0.4) is 0 Å². The van der Waals surface area contributed by atoms with E-state index in [-0.39, 0.29) is 12.1 Å². The van der Waals surface area contributed by atoms with Crippen LogP contribution in [0.2, 0.25) is 0 Å². The summed E-state index contributed by atoms with van der Waals surface area (Å²) in [5.74, 6) is -3.83. The van der Waals surface area contributed by atoms with Gasteiger partial charge in [-0.15, -0.1) is 0 Å². The lowest BCUT2D eigenvalue weighted by molar-refractivity contribution is 0.0691. The Kier molecular flexibility index (Phi) is 3.87. The van der Waals surface area contributed by atoms with Gasteiger partial charge in [0.2, 0.25) is 0 Å². The fraction of sp³-hybridized carbons (Fsp3) is 0. The first-order valence-electron chi connectivity index (χ1n) is 4.45. The fourth-order valence-electron chi connectivity index (χ4n) is 1.32. The zero-order valence-corrected chi connectivity index (χ0v) is 10.8. The van der Waals surface area contributed by atoms with Gasteiger partial charge in [-0.3, -0.25) is 9.11 Å². The summed E-state index contributed by atoms with van der Waals surface area (Å²) in [6.45, 7) is 0. The van der Waals surface area contributed by atoms with Gasteiger partial charge in [-0.1, -0.05) is 0 Å². The van der Waals surface area contributed by atoms with Crippen LogP contribution in [0.5, 0.6) is 0 Å². The molecule has 0 fully saturated rings. The van der Waals surface area contributed by atoms with Crippen LogP contribution in [0.1, 0.15) is 20.7 Å². The van der Waals surface area contributed by atoms with Gasteiger partial charge in [0.05, 0.1) is 11.1 Å². The summed E-state index contributed by atoms with van der Waals surface area (Å²) in [6.07, 6.45) is 0. The van der Waals surface area contributed by atoms with Crippen LogP contribution in [-0.4, -0.2) is 48.1 Å². The molecule has 10 nitrogen and oxygen atoms in total. The number of carbonyl (C=O) groups is 2. The summed E-state index contributed by atoms with van der Waals surface area (Å²) in [5, 5.41) is 17.5. The predicted molar refractivity (Wildman–Crippen MR) is 60.0 cm³/mol. The molecule has 0 radical (unpaired) electrons. The molecule has 12 heteroatoms. The standard InChI is InChI=1S/C8H6O10S2/c9-7(10)3-1-4(8(11)12)6(20(16,17)18)2-5(3)19(13,14)15/h1-2H,(H,9,10)(H,11,12)(H,13,14,15)(H,16,17,18). The van der Waals surface area contributed by atoms with E-state index in [1.165, 1.54) is 0 Å². The molecule has 0 saturated carbocycles. The van der Waals surface area contributed by atoms with E-state index in [0.29, 0.717) is 0 Å². The Bertz CT molecular complexity index is 737. The van der Waals surface area contributed by atoms with Crippen molar-refractivity contribution in [1.82, 2.24) is 0 Å². The summed E-state index contributed by atoms with van der Waals surface area (Å²) in [5.41, 5.74) is -2.31. The maximum atomic E-state index is 11.0. The monoisotopic (exact) mass is 326 g/mol. The largest absolute Gasteiger partial charge is 0.478 e. The van der Waals surface area contributed by atoms with Crippen molar-refractivity contribution in [3.63, 3.8) is 0 Å². The lowest BCUT2D eigenvalue weighted by Gasteiger charge is -2.08. The van der Waals surface area contributed by atoms with Crippen molar-refractivity contribution in [2.45, 2.75) is 9.79 Å². The van der Waals surface area contributed by atoms with Crippen LogP contribution >= 0.6 is 0 Å². The number of carboxylic acids is 2. The van der Waals surface area contributed by atoms with Crippen LogP contribution < -0.4 is 0 Å². The van der Waals surface area contributed by atoms with Crippen molar-refractivity contribution >= 4 is 32.2 Å². The number of benzene rings is 1. The highest BCUT2D eigenvalue weighted by atomic mass is 32.2. The summed E-state index contributed by atoms with van der Waals surface area (Å²) < 4.78 is 61.6. The van der Waals surface area contributed by atoms with E-state index in [0.717, 1.165) is 0 Å². The van der Waals surface area contributed by atoms with Crippen LogP contribution in [0.4, 0.5) is 0 Å². The predicted octanol–water partition coefficient (Wildman–Crippen LogP) is -0.424. The second-order valence-corrected chi connectivity index (χ2v) is 6.18. The van der Waals surface area contributed by atoms with Crippen molar-refractivity contribution in [3.05, 3.63) is 23.3 Å². The minimum absolute atomic E-state index is 0.0531. The Morgan fingerprint density at radius 1 is 0.750 bits per heavy atom. The Morgan fingerprint density at radius 3 is 1.25 bits per heavy atom. The summed E-state index contributed by atoms with van der Waals surface area (Å²) in [6, 6.07) is 0.258. The molecule has 1 aromatic rings. The summed E-state index contributed by atoms with van der Waals surface area (Å²) >= 11 is 0. The van der Waals surface area contributed by atoms with E-state index in [2.05, 4.69) is 0 Å². The molecule has 0 aliphatic heterocycles. The smallest absolute Gasteiger partial charge is 0.337 e. The van der Waals surface area contributed by atoms with Crippen LogP contribution in [0, 0.1) is 0 Å². The van der Waals surface area contributed by atoms with Gasteiger partial charge in [-0.05, 0) is 12.1 Å². The molecule has 0 amide bonds. The molecule has 0 aliphatic carbocycles. The molecule has 4 N–H and O–H groups in total. The molecule has 110 valence electrons. The third-order valence-electron chi connectivity index (χ3n) is 2.10. The Labute approximate surface area is 111 Å². The van der Waals surface area contributed by atoms with Crippen LogP contribution in [0.15, 0.2) is 21.9 Å². The molecule has 0 heterocycles. The first kappa shape index (κ1) is 16.0. The van der Waals surface area contributed by atoms with E-state index in [9.17, 15) is 26.4 Å². The molecular formula is C8H6O10S2. The number of rotatable bonds is 4. The van der Waals surface area contributed by atoms with Gasteiger partial charge < -0.3 is 10.2 Å². The Balaban J connectivity index is 4.00. The van der Waals surface area contributed by atoms with Gasteiger partial charge in [-0.2, -0.15) is 16.8 Å². The highest BCUT2D eigenvalue weighted by Gasteiger charge is 2.29. The first-order chi connectivity index (χ1) is 8.85. The minimum atomic E-state index is -5.15. The van der Waals surface area contributed by atoms with Gasteiger partial charge in [0.1, 0.15) is 9.79 Å². The van der Waals surface area contributed by atoms with E-state index < -0.39 is 53.1 Å². The summed E-state index contributed by atoms with van der Waals surface area (Å²) in [7, 11) is -10.3. The highest BCUT2D eigenvalue weighted by molar-refractivity contribution is 7.86. The van der Waals surface area contributed by atoms with E-state index in [1.54, 1.807) is 0 Å². The molecule has 0 unspecified atom stereocenters. The van der Waals surface area contributed by atoms with Crippen molar-refractivity contribution in [1.29, 1.82) is 0 Å². The number of aromatic carboxylic acids is 2. The SMILES string of the molecule is O=C(O)c1cc(C(=O)O)c(S(=O)(=O)O)cc1S(=O)(=O)O. The van der Waals surface area contributed by atoms with E-state index in [4.69, 9.17) is 19.3 Å². The number of hydrogen-bond acceptors (Lipinski definition) is 6. The Hall–Kier alpha value is -2.02. The lowest BCUT2D eigenvalue weighted by Crippen LogP contribution is -2.15. The average Bonchev–Trinajstić information content (AvgIpc) is 2.24. The zero-order chi connectivity index (χ0) is 15.9. The summed E-state index contributed by atoms with van der Waals surface area (Å²) in [4.78, 5) is 18.9. The van der Waals surface area contributed by atoms with Crippen LogP contribution in [-0.2, 0) is 20.2 Å². The van der Waals surface area contributed by atoms with Crippen molar-refractivity contribution in [2.75, 3.05) is 0 Å². The third-order valence-corrected chi connectivity index (χ3v) is 3.89.